The van der Waals surface area contributed by atoms with Gasteiger partial charge in [-0.25, -0.2) is 14.4 Å². The largest absolute Gasteiger partial charge is 0.445 e. The average Bonchev–Trinajstić information content (AvgIpc) is 3.42. The lowest BCUT2D eigenvalue weighted by Crippen LogP contribution is -2.45. The highest BCUT2D eigenvalue weighted by Crippen LogP contribution is 2.33. The second kappa shape index (κ2) is 9.50. The number of hydrogen-bond donors (Lipinski definition) is 0. The molecular formula is C27H26FN3O2S. The van der Waals surface area contributed by atoms with Gasteiger partial charge in [-0.2, -0.15) is 0 Å². The fourth-order valence-corrected chi connectivity index (χ4v) is 5.51. The molecule has 1 saturated heterocycles. The lowest BCUT2D eigenvalue weighted by molar-refractivity contribution is 0.0600. The Bertz CT molecular complexity index is 1300. The number of carbonyl (C=O) groups excluding carboxylic acids is 1. The first-order valence-corrected chi connectivity index (χ1v) is 12.4. The summed E-state index contributed by atoms with van der Waals surface area (Å²) >= 11 is 1.46. The van der Waals surface area contributed by atoms with E-state index in [9.17, 15) is 9.18 Å². The number of amides is 1. The van der Waals surface area contributed by atoms with E-state index in [0.29, 0.717) is 24.6 Å². The lowest BCUT2D eigenvalue weighted by Gasteiger charge is -2.35. The van der Waals surface area contributed by atoms with Gasteiger partial charge in [0.2, 0.25) is 0 Å². The first-order chi connectivity index (χ1) is 16.5. The van der Waals surface area contributed by atoms with Gasteiger partial charge in [0.25, 0.3) is 5.91 Å². The zero-order valence-corrected chi connectivity index (χ0v) is 20.1. The number of hydrogen-bond acceptors (Lipinski definition) is 5. The third-order valence-corrected chi connectivity index (χ3v) is 7.25. The Labute approximate surface area is 202 Å². The van der Waals surface area contributed by atoms with E-state index in [-0.39, 0.29) is 17.8 Å². The van der Waals surface area contributed by atoms with Crippen LogP contribution in [0.4, 0.5) is 4.39 Å². The Morgan fingerprint density at radius 3 is 2.59 bits per heavy atom. The van der Waals surface area contributed by atoms with Gasteiger partial charge in [-0.05, 0) is 50.8 Å². The molecule has 34 heavy (non-hydrogen) atoms. The van der Waals surface area contributed by atoms with Crippen LogP contribution in [-0.2, 0) is 6.42 Å². The molecule has 1 amide bonds. The number of aromatic nitrogens is 2. The molecule has 0 saturated carbocycles. The van der Waals surface area contributed by atoms with Crippen molar-refractivity contribution in [2.45, 2.75) is 45.6 Å². The van der Waals surface area contributed by atoms with Crippen LogP contribution in [0, 0.1) is 19.7 Å². The molecule has 4 aromatic rings. The van der Waals surface area contributed by atoms with E-state index >= 15 is 0 Å². The molecular weight excluding hydrogens is 449 g/mol. The van der Waals surface area contributed by atoms with E-state index < -0.39 is 0 Å². The Morgan fingerprint density at radius 1 is 1.06 bits per heavy atom. The predicted octanol–water partition coefficient (Wildman–Crippen LogP) is 6.46. The Morgan fingerprint density at radius 2 is 1.82 bits per heavy atom. The molecule has 0 spiro atoms. The highest BCUT2D eigenvalue weighted by Gasteiger charge is 2.32. The van der Waals surface area contributed by atoms with Crippen LogP contribution in [0.2, 0.25) is 0 Å². The van der Waals surface area contributed by atoms with Crippen LogP contribution in [0.1, 0.15) is 46.4 Å². The molecule has 3 heterocycles. The minimum atomic E-state index is -0.301. The molecule has 2 aromatic heterocycles. The maximum atomic E-state index is 13.7. The summed E-state index contributed by atoms with van der Waals surface area (Å²) in [4.78, 5) is 25.8. The molecule has 1 aliphatic heterocycles. The molecule has 174 valence electrons. The van der Waals surface area contributed by atoms with Crippen molar-refractivity contribution in [1.82, 2.24) is 14.9 Å². The molecule has 1 atom stereocenters. The minimum absolute atomic E-state index is 0.00834. The number of thiazole rings is 1. The summed E-state index contributed by atoms with van der Waals surface area (Å²) in [6.07, 6.45) is 3.47. The van der Waals surface area contributed by atoms with Gasteiger partial charge in [0.1, 0.15) is 23.0 Å². The highest BCUT2D eigenvalue weighted by atomic mass is 32.1. The van der Waals surface area contributed by atoms with Crippen molar-refractivity contribution in [2.75, 3.05) is 6.54 Å². The summed E-state index contributed by atoms with van der Waals surface area (Å²) in [5, 5.41) is 0.812. The van der Waals surface area contributed by atoms with E-state index in [1.54, 1.807) is 12.1 Å². The Balaban J connectivity index is 1.41. The summed E-state index contributed by atoms with van der Waals surface area (Å²) in [5.74, 6) is 1.04. The number of piperidine rings is 1. The van der Waals surface area contributed by atoms with Gasteiger partial charge < -0.3 is 9.32 Å². The monoisotopic (exact) mass is 475 g/mol. The minimum Gasteiger partial charge on any atom is -0.445 e. The molecule has 0 radical (unpaired) electrons. The number of halogens is 1. The van der Waals surface area contributed by atoms with Gasteiger partial charge in [0.15, 0.2) is 5.89 Å². The summed E-state index contributed by atoms with van der Waals surface area (Å²) in [6, 6.07) is 16.2. The molecule has 0 N–H and O–H groups in total. The first kappa shape index (κ1) is 22.5. The predicted molar refractivity (Wildman–Crippen MR) is 131 cm³/mol. The number of oxazole rings is 1. The second-order valence-corrected chi connectivity index (χ2v) is 9.85. The van der Waals surface area contributed by atoms with Crippen molar-refractivity contribution in [3.05, 3.63) is 82.8 Å². The van der Waals surface area contributed by atoms with Crippen molar-refractivity contribution in [3.8, 4) is 21.7 Å². The van der Waals surface area contributed by atoms with Gasteiger partial charge >= 0.3 is 0 Å². The molecule has 1 fully saturated rings. The van der Waals surface area contributed by atoms with Crippen molar-refractivity contribution in [1.29, 1.82) is 0 Å². The van der Waals surface area contributed by atoms with Crippen LogP contribution in [0.3, 0.4) is 0 Å². The SMILES string of the molecule is Cc1nc(C(=O)N2CCCCC2Cc2nc(-c3ccccc3)c(C)o2)c(-c2ccc(F)cc2)s1. The third kappa shape index (κ3) is 4.53. The van der Waals surface area contributed by atoms with Crippen LogP contribution in [0.25, 0.3) is 21.7 Å². The molecule has 1 unspecified atom stereocenters. The van der Waals surface area contributed by atoms with Crippen molar-refractivity contribution >= 4 is 17.2 Å². The maximum Gasteiger partial charge on any atom is 0.274 e. The zero-order chi connectivity index (χ0) is 23.7. The number of nitrogens with zero attached hydrogens (tertiary/aromatic N) is 3. The highest BCUT2D eigenvalue weighted by molar-refractivity contribution is 7.15. The van der Waals surface area contributed by atoms with E-state index in [1.807, 2.05) is 49.1 Å². The van der Waals surface area contributed by atoms with Gasteiger partial charge in [0.05, 0.1) is 9.88 Å². The number of carbonyl (C=O) groups is 1. The summed E-state index contributed by atoms with van der Waals surface area (Å²) in [5.41, 5.74) is 3.11. The van der Waals surface area contributed by atoms with Gasteiger partial charge in [-0.3, -0.25) is 4.79 Å². The molecule has 7 heteroatoms. The molecule has 1 aliphatic rings. The van der Waals surface area contributed by atoms with Gasteiger partial charge in [-0.15, -0.1) is 11.3 Å². The molecule has 2 aromatic carbocycles. The normalized spacial score (nSPS) is 16.1. The summed E-state index contributed by atoms with van der Waals surface area (Å²) in [6.45, 7) is 4.49. The molecule has 0 bridgehead atoms. The Hall–Kier alpha value is -3.32. The topological polar surface area (TPSA) is 59.2 Å². The van der Waals surface area contributed by atoms with Crippen LogP contribution >= 0.6 is 11.3 Å². The van der Waals surface area contributed by atoms with Crippen LogP contribution in [-0.4, -0.2) is 33.4 Å². The van der Waals surface area contributed by atoms with Gasteiger partial charge in [0, 0.05) is 24.6 Å². The fraction of sp³-hybridized carbons (Fsp3) is 0.296. The fourth-order valence-electron chi connectivity index (χ4n) is 4.59. The second-order valence-electron chi connectivity index (χ2n) is 8.65. The molecule has 5 nitrogen and oxygen atoms in total. The smallest absolute Gasteiger partial charge is 0.274 e. The summed E-state index contributed by atoms with van der Waals surface area (Å²) < 4.78 is 19.5. The third-order valence-electron chi connectivity index (χ3n) is 6.23. The van der Waals surface area contributed by atoms with Crippen molar-refractivity contribution < 1.29 is 13.6 Å². The maximum absolute atomic E-state index is 13.7. The van der Waals surface area contributed by atoms with E-state index in [4.69, 9.17) is 9.40 Å². The number of likely N-dealkylation sites (tertiary alicyclic amines) is 1. The van der Waals surface area contributed by atoms with Crippen molar-refractivity contribution in [2.24, 2.45) is 0 Å². The van der Waals surface area contributed by atoms with Crippen LogP contribution in [0.5, 0.6) is 0 Å². The summed E-state index contributed by atoms with van der Waals surface area (Å²) in [7, 11) is 0. The van der Waals surface area contributed by atoms with Gasteiger partial charge in [-0.1, -0.05) is 42.5 Å². The average molecular weight is 476 g/mol. The van der Waals surface area contributed by atoms with Crippen LogP contribution in [0.15, 0.2) is 59.0 Å². The van der Waals surface area contributed by atoms with Crippen LogP contribution < -0.4 is 0 Å². The number of aryl methyl sites for hydroxylation is 2. The standard InChI is InChI=1S/C27H26FN3O2S/c1-17-24(19-8-4-3-5-9-19)30-23(33-17)16-22-10-6-7-15-31(22)27(32)25-26(34-18(2)29-25)20-11-13-21(28)14-12-20/h3-5,8-9,11-14,22H,6-7,10,15-16H2,1-2H3. The zero-order valence-electron chi connectivity index (χ0n) is 19.3. The molecule has 0 aliphatic carbocycles. The lowest BCUT2D eigenvalue weighted by atomic mass is 9.98. The first-order valence-electron chi connectivity index (χ1n) is 11.6. The van der Waals surface area contributed by atoms with E-state index in [1.165, 1.54) is 23.5 Å². The Kier molecular flexibility index (Phi) is 6.28. The number of rotatable bonds is 5. The van der Waals surface area contributed by atoms with E-state index in [0.717, 1.165) is 51.7 Å². The number of benzene rings is 2. The molecule has 5 rings (SSSR count). The quantitative estimate of drug-likeness (QED) is 0.332. The van der Waals surface area contributed by atoms with Crippen molar-refractivity contribution in [3.63, 3.8) is 0 Å². The van der Waals surface area contributed by atoms with E-state index in [2.05, 4.69) is 4.98 Å².